The molecule has 1 atom stereocenters. The quantitative estimate of drug-likeness (QED) is 0.0974. The first-order valence-corrected chi connectivity index (χ1v) is 12.7. The third-order valence-electron chi connectivity index (χ3n) is 3.84. The van der Waals surface area contributed by atoms with E-state index >= 15 is 0 Å². The number of carbonyl (C=O) groups excluding carboxylic acids is 5. The van der Waals surface area contributed by atoms with Crippen molar-refractivity contribution >= 4 is 42.5 Å². The lowest BCUT2D eigenvalue weighted by Gasteiger charge is -2.14. The zero-order valence-corrected chi connectivity index (χ0v) is 22.8. The Morgan fingerprint density at radius 3 is 1.89 bits per heavy atom. The summed E-state index contributed by atoms with van der Waals surface area (Å²) in [6, 6.07) is 0. The van der Waals surface area contributed by atoms with Crippen molar-refractivity contribution in [3.63, 3.8) is 0 Å². The normalized spacial score (nSPS) is 14.4. The number of thiol groups is 1. The lowest BCUT2D eigenvalue weighted by atomic mass is 10.4. The Balaban J connectivity index is -0.000000767. The van der Waals surface area contributed by atoms with E-state index in [0.29, 0.717) is 19.5 Å². The number of aldehydes is 1. The second kappa shape index (κ2) is 26.0. The number of amides is 4. The van der Waals surface area contributed by atoms with Gasteiger partial charge in [-0.1, -0.05) is 34.1 Å². The molecular formula is C23H47N3O9S. The third kappa shape index (κ3) is 20.2. The van der Waals surface area contributed by atoms with Crippen LogP contribution in [-0.4, -0.2) is 113 Å². The number of hydrogen-bond donors (Lipinski definition) is 3. The monoisotopic (exact) mass is 541 g/mol. The summed E-state index contributed by atoms with van der Waals surface area (Å²) in [4.78, 5) is 57.2. The predicted octanol–water partition coefficient (Wildman–Crippen LogP) is 0.476. The summed E-state index contributed by atoms with van der Waals surface area (Å²) in [6.45, 7) is 9.75. The second-order valence-electron chi connectivity index (χ2n) is 6.97. The van der Waals surface area contributed by atoms with Crippen LogP contribution in [0.1, 0.15) is 43.4 Å². The maximum atomic E-state index is 11.7. The first kappa shape index (κ1) is 36.1. The summed E-state index contributed by atoms with van der Waals surface area (Å²) in [5.74, 6) is -1.24. The summed E-state index contributed by atoms with van der Waals surface area (Å²) in [5.41, 5.74) is 0. The molecule has 0 bridgehead atoms. The molecule has 0 spiro atoms. The molecule has 0 aromatic rings. The van der Waals surface area contributed by atoms with E-state index in [9.17, 15) is 24.0 Å². The molecule has 1 aliphatic heterocycles. The van der Waals surface area contributed by atoms with Crippen molar-refractivity contribution in [1.29, 1.82) is 0 Å². The van der Waals surface area contributed by atoms with Crippen LogP contribution in [0.4, 0.5) is 0 Å². The van der Waals surface area contributed by atoms with Crippen molar-refractivity contribution in [3.05, 3.63) is 0 Å². The first-order valence-electron chi connectivity index (χ1n) is 12.2. The van der Waals surface area contributed by atoms with Crippen molar-refractivity contribution in [2.75, 3.05) is 72.5 Å². The van der Waals surface area contributed by atoms with Gasteiger partial charge in [0.05, 0.1) is 44.8 Å². The molecule has 1 heterocycles. The average Bonchev–Trinajstić information content (AvgIpc) is 3.10. The first-order chi connectivity index (χ1) is 17.4. The summed E-state index contributed by atoms with van der Waals surface area (Å²) in [6.07, 6.45) is 1.92. The number of nitrogens with one attached hydrogen (secondary N) is 2. The molecule has 1 unspecified atom stereocenters. The Kier molecular flexibility index (Phi) is 26.1. The van der Waals surface area contributed by atoms with Gasteiger partial charge in [-0.25, -0.2) is 0 Å². The minimum atomic E-state index is -0.557. The van der Waals surface area contributed by atoms with Crippen molar-refractivity contribution in [3.8, 4) is 0 Å². The maximum Gasteiger partial charge on any atom is 0.246 e. The lowest BCUT2D eigenvalue weighted by Crippen LogP contribution is -2.37. The van der Waals surface area contributed by atoms with Gasteiger partial charge in [-0.2, -0.15) is 12.6 Å². The number of rotatable bonds is 18. The Hall–Kier alpha value is -2.06. The van der Waals surface area contributed by atoms with Crippen molar-refractivity contribution in [2.45, 2.75) is 45.8 Å². The van der Waals surface area contributed by atoms with E-state index in [0.717, 1.165) is 4.90 Å². The van der Waals surface area contributed by atoms with Gasteiger partial charge >= 0.3 is 0 Å². The van der Waals surface area contributed by atoms with Crippen LogP contribution in [0.5, 0.6) is 0 Å². The van der Waals surface area contributed by atoms with E-state index in [1.807, 2.05) is 13.8 Å². The van der Waals surface area contributed by atoms with E-state index in [1.54, 1.807) is 0 Å². The molecule has 1 rings (SSSR count). The smallest absolute Gasteiger partial charge is 0.246 e. The van der Waals surface area contributed by atoms with Gasteiger partial charge in [-0.3, -0.25) is 24.1 Å². The Labute approximate surface area is 222 Å². The number of ether oxygens (including phenoxy) is 4. The van der Waals surface area contributed by atoms with E-state index in [-0.39, 0.29) is 92.2 Å². The van der Waals surface area contributed by atoms with E-state index in [1.165, 1.54) is 6.42 Å². The molecule has 214 valence electrons. The summed E-state index contributed by atoms with van der Waals surface area (Å²) < 4.78 is 20.5. The van der Waals surface area contributed by atoms with Gasteiger partial charge in [0.1, 0.15) is 26.1 Å². The zero-order chi connectivity index (χ0) is 27.6. The summed E-state index contributed by atoms with van der Waals surface area (Å²) in [7, 11) is 0. The molecule has 0 saturated carbocycles. The highest BCUT2D eigenvalue weighted by atomic mass is 32.1. The fraction of sp³-hybridized carbons (Fsp3) is 0.783. The van der Waals surface area contributed by atoms with Gasteiger partial charge in [-0.05, 0) is 0 Å². The van der Waals surface area contributed by atoms with Crippen LogP contribution in [0.2, 0.25) is 0 Å². The molecular weight excluding hydrogens is 494 g/mol. The molecule has 1 aliphatic rings. The molecule has 2 N–H and O–H groups in total. The SMILES string of the molecule is CC.CCC.O=CCOCC(=O)NCCNC(=O)COCCOCCOCCN1C(=O)CC(S)C1=O.[HH].[HH]. The number of imide groups is 1. The zero-order valence-electron chi connectivity index (χ0n) is 21.9. The minimum absolute atomic E-state index is 0. The third-order valence-corrected chi connectivity index (χ3v) is 4.25. The largest absolute Gasteiger partial charge is 0.377 e. The van der Waals surface area contributed by atoms with Crippen LogP contribution in [0, 0.1) is 0 Å². The van der Waals surface area contributed by atoms with Gasteiger partial charge in [0.15, 0.2) is 0 Å². The topological polar surface area (TPSA) is 150 Å². The van der Waals surface area contributed by atoms with Gasteiger partial charge in [0.25, 0.3) is 0 Å². The van der Waals surface area contributed by atoms with Crippen LogP contribution in [0.15, 0.2) is 0 Å². The van der Waals surface area contributed by atoms with Crippen LogP contribution >= 0.6 is 12.6 Å². The molecule has 0 aromatic carbocycles. The maximum absolute atomic E-state index is 11.7. The molecule has 1 fully saturated rings. The molecule has 12 nitrogen and oxygen atoms in total. The Morgan fingerprint density at radius 1 is 0.944 bits per heavy atom. The molecule has 0 radical (unpaired) electrons. The van der Waals surface area contributed by atoms with Gasteiger partial charge < -0.3 is 34.4 Å². The lowest BCUT2D eigenvalue weighted by molar-refractivity contribution is -0.139. The molecule has 4 amide bonds. The molecule has 1 saturated heterocycles. The van der Waals surface area contributed by atoms with E-state index in [4.69, 9.17) is 18.9 Å². The summed E-state index contributed by atoms with van der Waals surface area (Å²) >= 11 is 4.04. The highest BCUT2D eigenvalue weighted by Gasteiger charge is 2.35. The second-order valence-corrected chi connectivity index (χ2v) is 7.59. The minimum Gasteiger partial charge on any atom is -0.377 e. The molecule has 0 aliphatic carbocycles. The molecule has 36 heavy (non-hydrogen) atoms. The standard InChI is InChI=1S/C18H29N3O9S.C3H8.C2H6.2H2/c22-4-6-29-12-15(23)19-1-2-20-16(24)13-30-10-9-28-8-7-27-5-3-21-17(25)11-14(31)18(21)26;1-3-2;1-2;;/h4,14,31H,1-3,5-13H2,(H,19,23)(H,20,24);3H2,1-2H3;1-2H3;2*1H. The van der Waals surface area contributed by atoms with Gasteiger partial charge in [0.2, 0.25) is 23.6 Å². The van der Waals surface area contributed by atoms with Gasteiger partial charge in [-0.15, -0.1) is 0 Å². The van der Waals surface area contributed by atoms with Crippen LogP contribution in [0.25, 0.3) is 0 Å². The fourth-order valence-electron chi connectivity index (χ4n) is 2.37. The average molecular weight is 542 g/mol. The van der Waals surface area contributed by atoms with E-state index < -0.39 is 5.25 Å². The Bertz CT molecular complexity index is 635. The number of nitrogens with zero attached hydrogens (tertiary/aromatic N) is 1. The predicted molar refractivity (Wildman–Crippen MR) is 141 cm³/mol. The Morgan fingerprint density at radius 2 is 1.42 bits per heavy atom. The van der Waals surface area contributed by atoms with Crippen LogP contribution in [-0.2, 0) is 42.9 Å². The summed E-state index contributed by atoms with van der Waals surface area (Å²) in [5, 5.41) is 4.53. The number of hydrogen-bond acceptors (Lipinski definition) is 10. The number of carbonyl (C=O) groups is 5. The van der Waals surface area contributed by atoms with Crippen molar-refractivity contribution in [2.24, 2.45) is 0 Å². The van der Waals surface area contributed by atoms with Crippen molar-refractivity contribution in [1.82, 2.24) is 15.5 Å². The highest BCUT2D eigenvalue weighted by molar-refractivity contribution is 7.81. The molecule has 13 heteroatoms. The van der Waals surface area contributed by atoms with Gasteiger partial charge in [0, 0.05) is 22.4 Å². The van der Waals surface area contributed by atoms with Crippen LogP contribution < -0.4 is 10.6 Å². The molecule has 0 aromatic heterocycles. The number of likely N-dealkylation sites (tertiary alicyclic amines) is 1. The van der Waals surface area contributed by atoms with Crippen LogP contribution in [0.3, 0.4) is 0 Å². The highest BCUT2D eigenvalue weighted by Crippen LogP contribution is 2.17. The fourth-order valence-corrected chi connectivity index (χ4v) is 2.66. The van der Waals surface area contributed by atoms with Crippen molar-refractivity contribution < 1.29 is 45.8 Å². The van der Waals surface area contributed by atoms with E-state index in [2.05, 4.69) is 37.1 Å².